The van der Waals surface area contributed by atoms with E-state index in [0.29, 0.717) is 11.4 Å². The number of anilines is 1. The zero-order valence-electron chi connectivity index (χ0n) is 21.8. The molecule has 0 bridgehead atoms. The number of rotatable bonds is 13. The summed E-state index contributed by atoms with van der Waals surface area (Å²) in [5.74, 6) is -0.807. The summed E-state index contributed by atoms with van der Waals surface area (Å²) in [6.45, 7) is 5.30. The lowest BCUT2D eigenvalue weighted by molar-refractivity contribution is -0.141. The molecule has 0 aliphatic carbocycles. The fourth-order valence-electron chi connectivity index (χ4n) is 3.67. The van der Waals surface area contributed by atoms with E-state index in [1.807, 2.05) is 13.8 Å². The highest BCUT2D eigenvalue weighted by molar-refractivity contribution is 7.92. The number of methoxy groups -OCH3 is 1. The fourth-order valence-corrected chi connectivity index (χ4v) is 4.88. The van der Waals surface area contributed by atoms with Gasteiger partial charge in [-0.15, -0.1) is 0 Å². The van der Waals surface area contributed by atoms with Gasteiger partial charge in [0.05, 0.1) is 24.1 Å². The van der Waals surface area contributed by atoms with Crippen LogP contribution < -0.4 is 14.4 Å². The highest BCUT2D eigenvalue weighted by Gasteiger charge is 2.28. The number of hydrogen-bond donors (Lipinski definition) is 1. The molecule has 1 N–H and O–H groups in total. The van der Waals surface area contributed by atoms with Gasteiger partial charge in [-0.25, -0.2) is 12.8 Å². The first-order valence-electron chi connectivity index (χ1n) is 12.0. The normalized spacial score (nSPS) is 12.9. The maximum Gasteiger partial charge on any atom is 0.242 e. The molecule has 0 saturated carbocycles. The first kappa shape index (κ1) is 30.4. The van der Waals surface area contributed by atoms with Gasteiger partial charge < -0.3 is 15.0 Å². The van der Waals surface area contributed by atoms with Crippen LogP contribution in [-0.4, -0.2) is 57.1 Å². The molecular formula is C26H35ClFN3O5S. The summed E-state index contributed by atoms with van der Waals surface area (Å²) >= 11 is 6.17. The lowest BCUT2D eigenvalue weighted by Crippen LogP contribution is -2.49. The van der Waals surface area contributed by atoms with E-state index >= 15 is 0 Å². The van der Waals surface area contributed by atoms with Crippen LogP contribution >= 0.6 is 11.6 Å². The number of nitrogens with one attached hydrogen (secondary N) is 1. The minimum absolute atomic E-state index is 0.00815. The topological polar surface area (TPSA) is 96.0 Å². The molecule has 0 saturated heterocycles. The molecule has 2 aromatic rings. The lowest BCUT2D eigenvalue weighted by Gasteiger charge is -2.30. The van der Waals surface area contributed by atoms with Crippen LogP contribution in [0.5, 0.6) is 5.75 Å². The highest BCUT2D eigenvalue weighted by Crippen LogP contribution is 2.30. The number of benzene rings is 2. The van der Waals surface area contributed by atoms with Gasteiger partial charge in [-0.3, -0.25) is 13.9 Å². The molecule has 2 amide bonds. The second-order valence-electron chi connectivity index (χ2n) is 8.86. The molecule has 2 atom stereocenters. The molecule has 0 fully saturated rings. The maximum absolute atomic E-state index is 14.4. The standard InChI is InChI=1S/C26H35ClFN3O5S/c1-6-18(2)29-26(33)19(3)30(17-20-10-7-8-11-23(20)28)25(32)12-9-15-31(37(5,34)35)21-13-14-24(36-4)22(27)16-21/h7-8,10-11,13-14,16,18-19H,6,9,12,15,17H2,1-5H3,(H,29,33)/t18-,19-/m1/s1. The van der Waals surface area contributed by atoms with Crippen molar-refractivity contribution >= 4 is 39.1 Å². The Morgan fingerprint density at radius 1 is 1.16 bits per heavy atom. The van der Waals surface area contributed by atoms with E-state index < -0.39 is 27.8 Å². The summed E-state index contributed by atoms with van der Waals surface area (Å²) < 4.78 is 45.6. The SMILES string of the molecule is CC[C@@H](C)NC(=O)[C@@H](C)N(Cc1ccccc1F)C(=O)CCCN(c1ccc(OC)c(Cl)c1)S(C)(=O)=O. The first-order chi connectivity index (χ1) is 17.4. The van der Waals surface area contributed by atoms with E-state index in [4.69, 9.17) is 16.3 Å². The molecule has 2 aromatic carbocycles. The number of hydrogen-bond acceptors (Lipinski definition) is 5. The second kappa shape index (κ2) is 13.6. The van der Waals surface area contributed by atoms with Crippen molar-refractivity contribution in [3.63, 3.8) is 0 Å². The van der Waals surface area contributed by atoms with E-state index in [1.54, 1.807) is 37.3 Å². The molecule has 2 rings (SSSR count). The fraction of sp³-hybridized carbons (Fsp3) is 0.462. The van der Waals surface area contributed by atoms with Gasteiger partial charge in [0.25, 0.3) is 0 Å². The third-order valence-electron chi connectivity index (χ3n) is 6.04. The zero-order valence-corrected chi connectivity index (χ0v) is 23.4. The molecule has 0 radical (unpaired) electrons. The Hall–Kier alpha value is -2.85. The number of amides is 2. The second-order valence-corrected chi connectivity index (χ2v) is 11.2. The molecule has 0 spiro atoms. The predicted octanol–water partition coefficient (Wildman–Crippen LogP) is 4.37. The van der Waals surface area contributed by atoms with Gasteiger partial charge in [0, 0.05) is 31.1 Å². The van der Waals surface area contributed by atoms with Gasteiger partial charge >= 0.3 is 0 Å². The highest BCUT2D eigenvalue weighted by atomic mass is 35.5. The number of ether oxygens (including phenoxy) is 1. The quantitative estimate of drug-likeness (QED) is 0.396. The zero-order chi connectivity index (χ0) is 27.8. The van der Waals surface area contributed by atoms with E-state index in [-0.39, 0.29) is 48.5 Å². The van der Waals surface area contributed by atoms with Gasteiger partial charge in [-0.2, -0.15) is 0 Å². The summed E-state index contributed by atoms with van der Waals surface area (Å²) in [6, 6.07) is 9.75. The van der Waals surface area contributed by atoms with Crippen molar-refractivity contribution < 1.29 is 27.1 Å². The molecule has 0 aromatic heterocycles. The molecule has 0 heterocycles. The summed E-state index contributed by atoms with van der Waals surface area (Å²) in [6.07, 6.45) is 1.91. The molecular weight excluding hydrogens is 521 g/mol. The maximum atomic E-state index is 14.4. The Kier molecular flexibility index (Phi) is 11.2. The van der Waals surface area contributed by atoms with Crippen LogP contribution in [-0.2, 0) is 26.2 Å². The minimum atomic E-state index is -3.68. The van der Waals surface area contributed by atoms with Crippen LogP contribution in [0.4, 0.5) is 10.1 Å². The summed E-state index contributed by atoms with van der Waals surface area (Å²) in [4.78, 5) is 27.4. The smallest absolute Gasteiger partial charge is 0.242 e. The van der Waals surface area contributed by atoms with Crippen LogP contribution in [0.3, 0.4) is 0 Å². The van der Waals surface area contributed by atoms with Crippen molar-refractivity contribution in [1.82, 2.24) is 10.2 Å². The van der Waals surface area contributed by atoms with Crippen LogP contribution in [0.25, 0.3) is 0 Å². The molecule has 11 heteroatoms. The average molecular weight is 556 g/mol. The molecule has 0 aliphatic rings. The summed E-state index contributed by atoms with van der Waals surface area (Å²) in [7, 11) is -2.22. The van der Waals surface area contributed by atoms with Crippen molar-refractivity contribution in [2.24, 2.45) is 0 Å². The number of carbonyl (C=O) groups excluding carboxylic acids is 2. The Bertz CT molecular complexity index is 1190. The number of halogens is 2. The Morgan fingerprint density at radius 3 is 2.41 bits per heavy atom. The van der Waals surface area contributed by atoms with E-state index in [2.05, 4.69) is 5.32 Å². The molecule has 37 heavy (non-hydrogen) atoms. The first-order valence-corrected chi connectivity index (χ1v) is 14.3. The Balaban J connectivity index is 2.21. The monoisotopic (exact) mass is 555 g/mol. The number of carbonyl (C=O) groups is 2. The Morgan fingerprint density at radius 2 is 1.84 bits per heavy atom. The average Bonchev–Trinajstić information content (AvgIpc) is 2.84. The van der Waals surface area contributed by atoms with Gasteiger partial charge in [0.2, 0.25) is 21.8 Å². The largest absolute Gasteiger partial charge is 0.495 e. The van der Waals surface area contributed by atoms with E-state index in [9.17, 15) is 22.4 Å². The molecule has 0 aliphatic heterocycles. The van der Waals surface area contributed by atoms with E-state index in [0.717, 1.165) is 17.0 Å². The molecule has 204 valence electrons. The predicted molar refractivity (Wildman–Crippen MR) is 144 cm³/mol. The van der Waals surface area contributed by atoms with Gasteiger partial charge in [0.15, 0.2) is 0 Å². The van der Waals surface area contributed by atoms with Crippen LogP contribution in [0.1, 0.15) is 45.6 Å². The Labute approximate surface area is 223 Å². The van der Waals surface area contributed by atoms with Crippen LogP contribution in [0.15, 0.2) is 42.5 Å². The molecule has 8 nitrogen and oxygen atoms in total. The van der Waals surface area contributed by atoms with Gasteiger partial charge in [-0.05, 0) is 51.0 Å². The van der Waals surface area contributed by atoms with Crippen molar-refractivity contribution in [1.29, 1.82) is 0 Å². The number of nitrogens with zero attached hydrogens (tertiary/aromatic N) is 2. The third kappa shape index (κ3) is 8.60. The van der Waals surface area contributed by atoms with Gasteiger partial charge in [-0.1, -0.05) is 36.7 Å². The molecule has 0 unspecified atom stereocenters. The van der Waals surface area contributed by atoms with Crippen molar-refractivity contribution in [2.75, 3.05) is 24.2 Å². The lowest BCUT2D eigenvalue weighted by atomic mass is 10.1. The minimum Gasteiger partial charge on any atom is -0.495 e. The number of sulfonamides is 1. The summed E-state index contributed by atoms with van der Waals surface area (Å²) in [5.41, 5.74) is 0.620. The van der Waals surface area contributed by atoms with Crippen LogP contribution in [0, 0.1) is 5.82 Å². The van der Waals surface area contributed by atoms with Crippen molar-refractivity contribution in [3.05, 3.63) is 58.9 Å². The van der Waals surface area contributed by atoms with Crippen molar-refractivity contribution in [3.8, 4) is 5.75 Å². The van der Waals surface area contributed by atoms with Crippen molar-refractivity contribution in [2.45, 2.75) is 58.7 Å². The third-order valence-corrected chi connectivity index (χ3v) is 7.53. The van der Waals surface area contributed by atoms with Crippen LogP contribution in [0.2, 0.25) is 5.02 Å². The van der Waals surface area contributed by atoms with Gasteiger partial charge in [0.1, 0.15) is 17.6 Å². The van der Waals surface area contributed by atoms with E-state index in [1.165, 1.54) is 24.1 Å². The summed E-state index contributed by atoms with van der Waals surface area (Å²) in [5, 5.41) is 3.11.